The van der Waals surface area contributed by atoms with Gasteiger partial charge in [0.2, 0.25) is 0 Å². The zero-order chi connectivity index (χ0) is 12.0. The van der Waals surface area contributed by atoms with Crippen LogP contribution in [0.25, 0.3) is 0 Å². The molecule has 0 bridgehead atoms. The van der Waals surface area contributed by atoms with Crippen LogP contribution >= 0.6 is 0 Å². The van der Waals surface area contributed by atoms with Crippen LogP contribution < -0.4 is 5.32 Å². The Morgan fingerprint density at radius 1 is 1.62 bits per heavy atom. The SMILES string of the molecule is CNc1ncccc1CN(C)C(C)CC#N. The summed E-state index contributed by atoms with van der Waals surface area (Å²) >= 11 is 0. The molecule has 16 heavy (non-hydrogen) atoms. The van der Waals surface area contributed by atoms with E-state index in [-0.39, 0.29) is 6.04 Å². The highest BCUT2D eigenvalue weighted by Crippen LogP contribution is 2.14. The van der Waals surface area contributed by atoms with Crippen LogP contribution in [-0.2, 0) is 6.54 Å². The Hall–Kier alpha value is -1.60. The van der Waals surface area contributed by atoms with Gasteiger partial charge in [0.25, 0.3) is 0 Å². The standard InChI is InChI=1S/C12H18N4/c1-10(6-7-13)16(3)9-11-5-4-8-15-12(11)14-2/h4-5,8,10H,6,9H2,1-3H3,(H,14,15). The summed E-state index contributed by atoms with van der Waals surface area (Å²) in [7, 11) is 3.89. The Balaban J connectivity index is 2.69. The van der Waals surface area contributed by atoms with E-state index in [1.807, 2.05) is 20.2 Å². The summed E-state index contributed by atoms with van der Waals surface area (Å²) in [6, 6.07) is 6.43. The molecule has 1 aromatic heterocycles. The van der Waals surface area contributed by atoms with Crippen molar-refractivity contribution in [2.24, 2.45) is 0 Å². The highest BCUT2D eigenvalue weighted by Gasteiger charge is 2.11. The third-order valence-corrected chi connectivity index (χ3v) is 2.69. The average Bonchev–Trinajstić information content (AvgIpc) is 2.30. The van der Waals surface area contributed by atoms with Crippen LogP contribution in [-0.4, -0.2) is 30.0 Å². The fourth-order valence-corrected chi connectivity index (χ4v) is 1.50. The number of rotatable bonds is 5. The van der Waals surface area contributed by atoms with E-state index in [1.54, 1.807) is 6.20 Å². The highest BCUT2D eigenvalue weighted by atomic mass is 15.1. The van der Waals surface area contributed by atoms with Gasteiger partial charge >= 0.3 is 0 Å². The Morgan fingerprint density at radius 3 is 3.00 bits per heavy atom. The number of pyridine rings is 1. The Bertz CT molecular complexity index is 370. The molecular formula is C12H18N4. The van der Waals surface area contributed by atoms with Crippen LogP contribution in [0.15, 0.2) is 18.3 Å². The summed E-state index contributed by atoms with van der Waals surface area (Å²) < 4.78 is 0. The van der Waals surface area contributed by atoms with E-state index in [1.165, 1.54) is 0 Å². The van der Waals surface area contributed by atoms with Crippen molar-refractivity contribution in [1.29, 1.82) is 5.26 Å². The van der Waals surface area contributed by atoms with Crippen LogP contribution in [0.3, 0.4) is 0 Å². The van der Waals surface area contributed by atoms with Crippen LogP contribution in [0.2, 0.25) is 0 Å². The van der Waals surface area contributed by atoms with E-state index in [2.05, 4.69) is 34.3 Å². The minimum Gasteiger partial charge on any atom is -0.373 e. The van der Waals surface area contributed by atoms with Gasteiger partial charge in [0, 0.05) is 31.4 Å². The number of nitrogens with one attached hydrogen (secondary N) is 1. The number of anilines is 1. The zero-order valence-electron chi connectivity index (χ0n) is 10.1. The molecule has 0 aromatic carbocycles. The quantitative estimate of drug-likeness (QED) is 0.819. The number of hydrogen-bond donors (Lipinski definition) is 1. The zero-order valence-corrected chi connectivity index (χ0v) is 10.1. The van der Waals surface area contributed by atoms with Gasteiger partial charge in [-0.15, -0.1) is 0 Å². The first kappa shape index (κ1) is 12.5. The van der Waals surface area contributed by atoms with Gasteiger partial charge in [0.15, 0.2) is 0 Å². The van der Waals surface area contributed by atoms with Crippen molar-refractivity contribution in [3.05, 3.63) is 23.9 Å². The lowest BCUT2D eigenvalue weighted by molar-refractivity contribution is 0.252. The van der Waals surface area contributed by atoms with Crippen molar-refractivity contribution in [3.63, 3.8) is 0 Å². The van der Waals surface area contributed by atoms with Crippen molar-refractivity contribution in [1.82, 2.24) is 9.88 Å². The molecule has 0 spiro atoms. The Labute approximate surface area is 96.9 Å². The summed E-state index contributed by atoms with van der Waals surface area (Å²) in [5.41, 5.74) is 1.15. The normalized spacial score (nSPS) is 12.2. The van der Waals surface area contributed by atoms with Gasteiger partial charge in [-0.3, -0.25) is 4.90 Å². The Morgan fingerprint density at radius 2 is 2.38 bits per heavy atom. The van der Waals surface area contributed by atoms with Crippen LogP contribution in [0, 0.1) is 11.3 Å². The topological polar surface area (TPSA) is 52.0 Å². The summed E-state index contributed by atoms with van der Waals surface area (Å²) in [6.07, 6.45) is 2.32. The minimum absolute atomic E-state index is 0.259. The molecule has 4 heteroatoms. The first-order chi connectivity index (χ1) is 7.69. The van der Waals surface area contributed by atoms with E-state index in [9.17, 15) is 0 Å². The number of hydrogen-bond acceptors (Lipinski definition) is 4. The van der Waals surface area contributed by atoms with Crippen molar-refractivity contribution in [2.75, 3.05) is 19.4 Å². The maximum atomic E-state index is 8.65. The van der Waals surface area contributed by atoms with Gasteiger partial charge in [-0.05, 0) is 20.0 Å². The molecule has 1 unspecified atom stereocenters. The van der Waals surface area contributed by atoms with Crippen molar-refractivity contribution < 1.29 is 0 Å². The predicted octanol–water partition coefficient (Wildman–Crippen LogP) is 1.86. The van der Waals surface area contributed by atoms with E-state index < -0.39 is 0 Å². The van der Waals surface area contributed by atoms with Crippen LogP contribution in [0.1, 0.15) is 18.9 Å². The fourth-order valence-electron chi connectivity index (χ4n) is 1.50. The molecule has 1 N–H and O–H groups in total. The van der Waals surface area contributed by atoms with Crippen molar-refractivity contribution >= 4 is 5.82 Å². The molecule has 1 atom stereocenters. The van der Waals surface area contributed by atoms with Crippen LogP contribution in [0.4, 0.5) is 5.82 Å². The monoisotopic (exact) mass is 218 g/mol. The van der Waals surface area contributed by atoms with E-state index >= 15 is 0 Å². The van der Waals surface area contributed by atoms with Gasteiger partial charge in [-0.1, -0.05) is 6.07 Å². The maximum absolute atomic E-state index is 8.65. The molecule has 1 heterocycles. The number of aromatic nitrogens is 1. The highest BCUT2D eigenvalue weighted by molar-refractivity contribution is 5.42. The van der Waals surface area contributed by atoms with E-state index in [4.69, 9.17) is 5.26 Å². The van der Waals surface area contributed by atoms with E-state index in [0.29, 0.717) is 6.42 Å². The second-order valence-corrected chi connectivity index (χ2v) is 3.89. The lowest BCUT2D eigenvalue weighted by atomic mass is 10.2. The summed E-state index contributed by atoms with van der Waals surface area (Å²) in [5.74, 6) is 0.901. The second-order valence-electron chi connectivity index (χ2n) is 3.89. The second kappa shape index (κ2) is 6.09. The minimum atomic E-state index is 0.259. The molecule has 0 amide bonds. The molecule has 4 nitrogen and oxygen atoms in total. The first-order valence-electron chi connectivity index (χ1n) is 5.38. The average molecular weight is 218 g/mol. The van der Waals surface area contributed by atoms with Gasteiger partial charge in [0.1, 0.15) is 5.82 Å². The summed E-state index contributed by atoms with van der Waals surface area (Å²) in [6.45, 7) is 2.85. The van der Waals surface area contributed by atoms with Gasteiger partial charge in [-0.2, -0.15) is 5.26 Å². The Kier molecular flexibility index (Phi) is 4.74. The summed E-state index contributed by atoms with van der Waals surface area (Å²) in [5, 5.41) is 11.7. The lowest BCUT2D eigenvalue weighted by Crippen LogP contribution is -2.28. The van der Waals surface area contributed by atoms with Gasteiger partial charge in [-0.25, -0.2) is 4.98 Å². The fraction of sp³-hybridized carbons (Fsp3) is 0.500. The molecule has 1 aromatic rings. The number of nitriles is 1. The summed E-state index contributed by atoms with van der Waals surface area (Å²) in [4.78, 5) is 6.41. The molecular weight excluding hydrogens is 200 g/mol. The van der Waals surface area contributed by atoms with Crippen LogP contribution in [0.5, 0.6) is 0 Å². The first-order valence-corrected chi connectivity index (χ1v) is 5.38. The maximum Gasteiger partial charge on any atom is 0.130 e. The number of nitrogens with zero attached hydrogens (tertiary/aromatic N) is 3. The third-order valence-electron chi connectivity index (χ3n) is 2.69. The van der Waals surface area contributed by atoms with E-state index in [0.717, 1.165) is 17.9 Å². The largest absolute Gasteiger partial charge is 0.373 e. The molecule has 0 saturated carbocycles. The molecule has 0 saturated heterocycles. The predicted molar refractivity (Wildman–Crippen MR) is 64.9 cm³/mol. The molecule has 0 aliphatic rings. The molecule has 1 rings (SSSR count). The molecule has 86 valence electrons. The molecule has 0 aliphatic carbocycles. The van der Waals surface area contributed by atoms with Gasteiger partial charge < -0.3 is 5.32 Å². The van der Waals surface area contributed by atoms with Gasteiger partial charge in [0.05, 0.1) is 12.5 Å². The lowest BCUT2D eigenvalue weighted by Gasteiger charge is -2.23. The smallest absolute Gasteiger partial charge is 0.130 e. The van der Waals surface area contributed by atoms with Crippen molar-refractivity contribution in [3.8, 4) is 6.07 Å². The molecule has 0 aliphatic heterocycles. The molecule has 0 fully saturated rings. The molecule has 0 radical (unpaired) electrons. The third kappa shape index (κ3) is 3.21. The van der Waals surface area contributed by atoms with Crippen molar-refractivity contribution in [2.45, 2.75) is 25.9 Å².